The Morgan fingerprint density at radius 3 is 2.85 bits per heavy atom. The molecule has 5 heteroatoms. The van der Waals surface area contributed by atoms with Crippen molar-refractivity contribution in [1.29, 1.82) is 0 Å². The van der Waals surface area contributed by atoms with Crippen LogP contribution in [0.3, 0.4) is 0 Å². The van der Waals surface area contributed by atoms with Gasteiger partial charge >= 0.3 is 5.97 Å². The normalized spacial score (nSPS) is 11.0. The molecule has 0 spiro atoms. The molecule has 0 bridgehead atoms. The third-order valence-electron chi connectivity index (χ3n) is 4.19. The second-order valence-corrected chi connectivity index (χ2v) is 6.31. The van der Waals surface area contributed by atoms with Gasteiger partial charge in [-0.3, -0.25) is 4.79 Å². The predicted molar refractivity (Wildman–Crippen MR) is 106 cm³/mol. The Labute approximate surface area is 158 Å². The number of para-hydroxylation sites is 1. The topological polar surface area (TPSA) is 71.2 Å². The summed E-state index contributed by atoms with van der Waals surface area (Å²) in [5.74, 6) is -0.851. The molecule has 0 unspecified atom stereocenters. The highest BCUT2D eigenvalue weighted by molar-refractivity contribution is 5.89. The Hall–Kier alpha value is -3.34. The molecule has 27 heavy (non-hydrogen) atoms. The average molecular weight is 362 g/mol. The third-order valence-corrected chi connectivity index (χ3v) is 4.19. The number of benzene rings is 2. The summed E-state index contributed by atoms with van der Waals surface area (Å²) in [5.41, 5.74) is 4.24. The highest BCUT2D eigenvalue weighted by Crippen LogP contribution is 2.17. The summed E-state index contributed by atoms with van der Waals surface area (Å²) in [4.78, 5) is 26.8. The second-order valence-electron chi connectivity index (χ2n) is 6.31. The number of hydrogen-bond donors (Lipinski definition) is 2. The smallest absolute Gasteiger partial charge is 0.331 e. The van der Waals surface area contributed by atoms with Gasteiger partial charge in [-0.1, -0.05) is 48.0 Å². The Morgan fingerprint density at radius 2 is 2.00 bits per heavy atom. The standard InChI is InChI=1S/C22H22N2O3/c1-16-5-4-6-17(13-16)9-10-22(26)27-15-21(25)23-12-11-18-14-24-20-8-3-2-7-19(18)20/h2-10,13-14,24H,11-12,15H2,1H3,(H,23,25)/b10-9+. The largest absolute Gasteiger partial charge is 0.452 e. The quantitative estimate of drug-likeness (QED) is 0.500. The van der Waals surface area contributed by atoms with E-state index in [4.69, 9.17) is 4.74 Å². The van der Waals surface area contributed by atoms with Crippen molar-refractivity contribution in [3.63, 3.8) is 0 Å². The van der Waals surface area contributed by atoms with E-state index < -0.39 is 5.97 Å². The first-order valence-corrected chi connectivity index (χ1v) is 8.85. The highest BCUT2D eigenvalue weighted by atomic mass is 16.5. The van der Waals surface area contributed by atoms with Crippen LogP contribution in [0.4, 0.5) is 0 Å². The summed E-state index contributed by atoms with van der Waals surface area (Å²) < 4.78 is 4.97. The molecule has 138 valence electrons. The van der Waals surface area contributed by atoms with Crippen LogP contribution in [0, 0.1) is 6.92 Å². The summed E-state index contributed by atoms with van der Waals surface area (Å²) >= 11 is 0. The van der Waals surface area contributed by atoms with E-state index in [9.17, 15) is 9.59 Å². The first kappa shape index (κ1) is 18.5. The van der Waals surface area contributed by atoms with Crippen molar-refractivity contribution in [1.82, 2.24) is 10.3 Å². The number of aryl methyl sites for hydroxylation is 1. The molecule has 0 aliphatic carbocycles. The zero-order valence-electron chi connectivity index (χ0n) is 15.2. The van der Waals surface area contributed by atoms with Gasteiger partial charge in [0.2, 0.25) is 0 Å². The number of hydrogen-bond acceptors (Lipinski definition) is 3. The van der Waals surface area contributed by atoms with E-state index in [0.717, 1.165) is 27.6 Å². The zero-order valence-corrected chi connectivity index (χ0v) is 15.2. The van der Waals surface area contributed by atoms with Gasteiger partial charge in [0.1, 0.15) is 0 Å². The van der Waals surface area contributed by atoms with E-state index in [1.807, 2.05) is 61.7 Å². The molecule has 1 aromatic heterocycles. The van der Waals surface area contributed by atoms with E-state index in [1.54, 1.807) is 6.08 Å². The summed E-state index contributed by atoms with van der Waals surface area (Å²) in [6, 6.07) is 15.8. The lowest BCUT2D eigenvalue weighted by molar-refractivity contribution is -0.143. The van der Waals surface area contributed by atoms with Crippen LogP contribution >= 0.6 is 0 Å². The van der Waals surface area contributed by atoms with Gasteiger partial charge in [0.15, 0.2) is 6.61 Å². The van der Waals surface area contributed by atoms with Gasteiger partial charge in [-0.25, -0.2) is 4.79 Å². The first-order chi connectivity index (χ1) is 13.1. The number of carbonyl (C=O) groups is 2. The van der Waals surface area contributed by atoms with E-state index in [-0.39, 0.29) is 12.5 Å². The van der Waals surface area contributed by atoms with Gasteiger partial charge in [-0.2, -0.15) is 0 Å². The number of rotatable bonds is 7. The van der Waals surface area contributed by atoms with Crippen molar-refractivity contribution in [3.05, 3.63) is 77.5 Å². The number of H-pyrrole nitrogens is 1. The number of aromatic nitrogens is 1. The van der Waals surface area contributed by atoms with Gasteiger partial charge < -0.3 is 15.0 Å². The molecule has 1 heterocycles. The van der Waals surface area contributed by atoms with Crippen LogP contribution < -0.4 is 5.32 Å². The van der Waals surface area contributed by atoms with Crippen LogP contribution in [-0.2, 0) is 20.7 Å². The van der Waals surface area contributed by atoms with Gasteiger partial charge in [-0.15, -0.1) is 0 Å². The van der Waals surface area contributed by atoms with Crippen LogP contribution in [0.1, 0.15) is 16.7 Å². The molecule has 3 rings (SSSR count). The monoisotopic (exact) mass is 362 g/mol. The molecule has 2 aromatic carbocycles. The number of esters is 1. The third kappa shape index (κ3) is 5.31. The van der Waals surface area contributed by atoms with Gasteiger partial charge in [-0.05, 0) is 36.6 Å². The maximum absolute atomic E-state index is 11.8. The first-order valence-electron chi connectivity index (χ1n) is 8.85. The van der Waals surface area contributed by atoms with Crippen molar-refractivity contribution in [2.45, 2.75) is 13.3 Å². The summed E-state index contributed by atoms with van der Waals surface area (Å²) in [7, 11) is 0. The number of aromatic amines is 1. The molecule has 0 aliphatic rings. The van der Waals surface area contributed by atoms with E-state index >= 15 is 0 Å². The van der Waals surface area contributed by atoms with Crippen molar-refractivity contribution >= 4 is 28.9 Å². The van der Waals surface area contributed by atoms with Crippen LogP contribution in [-0.4, -0.2) is 30.0 Å². The summed E-state index contributed by atoms with van der Waals surface area (Å²) in [6.07, 6.45) is 5.65. The lowest BCUT2D eigenvalue weighted by Gasteiger charge is -2.05. The number of carbonyl (C=O) groups excluding carboxylic acids is 2. The predicted octanol–water partition coefficient (Wildman–Crippen LogP) is 3.39. The number of nitrogens with one attached hydrogen (secondary N) is 2. The molecule has 0 aliphatic heterocycles. The zero-order chi connectivity index (χ0) is 19.1. The maximum Gasteiger partial charge on any atom is 0.331 e. The van der Waals surface area contributed by atoms with Crippen molar-refractivity contribution in [2.75, 3.05) is 13.2 Å². The molecule has 5 nitrogen and oxygen atoms in total. The summed E-state index contributed by atoms with van der Waals surface area (Å²) in [6.45, 7) is 2.18. The average Bonchev–Trinajstić information content (AvgIpc) is 3.08. The minimum atomic E-state index is -0.539. The maximum atomic E-state index is 11.8. The Balaban J connectivity index is 1.40. The minimum absolute atomic E-state index is 0.287. The van der Waals surface area contributed by atoms with E-state index in [0.29, 0.717) is 13.0 Å². The van der Waals surface area contributed by atoms with E-state index in [1.165, 1.54) is 6.08 Å². The van der Waals surface area contributed by atoms with Gasteiger partial charge in [0.25, 0.3) is 5.91 Å². The molecule has 0 atom stereocenters. The SMILES string of the molecule is Cc1cccc(/C=C/C(=O)OCC(=O)NCCc2c[nH]c3ccccc23)c1. The fraction of sp³-hybridized carbons (Fsp3) is 0.182. The van der Waals surface area contributed by atoms with Crippen LogP contribution in [0.15, 0.2) is 60.8 Å². The number of fused-ring (bicyclic) bond motifs is 1. The van der Waals surface area contributed by atoms with Crippen molar-refractivity contribution in [2.24, 2.45) is 0 Å². The molecule has 3 aromatic rings. The highest BCUT2D eigenvalue weighted by Gasteiger charge is 2.06. The van der Waals surface area contributed by atoms with Crippen LogP contribution in [0.25, 0.3) is 17.0 Å². The fourth-order valence-corrected chi connectivity index (χ4v) is 2.85. The molecular weight excluding hydrogens is 340 g/mol. The molecule has 1 amide bonds. The lowest BCUT2D eigenvalue weighted by atomic mass is 10.1. The Kier molecular flexibility index (Phi) is 6.05. The van der Waals surface area contributed by atoms with Crippen molar-refractivity contribution < 1.29 is 14.3 Å². The second kappa shape index (κ2) is 8.85. The molecular formula is C22H22N2O3. The van der Waals surface area contributed by atoms with Crippen molar-refractivity contribution in [3.8, 4) is 0 Å². The number of ether oxygens (including phenoxy) is 1. The molecule has 0 radical (unpaired) electrons. The Morgan fingerprint density at radius 1 is 1.15 bits per heavy atom. The molecule has 0 saturated heterocycles. The molecule has 0 saturated carbocycles. The van der Waals surface area contributed by atoms with Crippen LogP contribution in [0.5, 0.6) is 0 Å². The molecule has 0 fully saturated rings. The Bertz CT molecular complexity index is 972. The van der Waals surface area contributed by atoms with Gasteiger partial charge in [0.05, 0.1) is 0 Å². The lowest BCUT2D eigenvalue weighted by Crippen LogP contribution is -2.30. The van der Waals surface area contributed by atoms with Gasteiger partial charge in [0, 0.05) is 29.7 Å². The number of amides is 1. The van der Waals surface area contributed by atoms with E-state index in [2.05, 4.69) is 10.3 Å². The minimum Gasteiger partial charge on any atom is -0.452 e. The fourth-order valence-electron chi connectivity index (χ4n) is 2.85. The summed E-state index contributed by atoms with van der Waals surface area (Å²) in [5, 5.41) is 3.92. The van der Waals surface area contributed by atoms with Crippen LogP contribution in [0.2, 0.25) is 0 Å². The molecule has 2 N–H and O–H groups in total.